The van der Waals surface area contributed by atoms with Crippen molar-refractivity contribution in [2.45, 2.75) is 25.6 Å². The van der Waals surface area contributed by atoms with Gasteiger partial charge in [-0.1, -0.05) is 11.8 Å². The van der Waals surface area contributed by atoms with Crippen LogP contribution in [0.2, 0.25) is 19.1 Å². The highest BCUT2D eigenvalue weighted by Gasteiger charge is 2.19. The fourth-order valence-corrected chi connectivity index (χ4v) is 2.62. The molecule has 12 heavy (non-hydrogen) atoms. The van der Waals surface area contributed by atoms with Crippen molar-refractivity contribution in [3.63, 3.8) is 0 Å². The highest BCUT2D eigenvalue weighted by molar-refractivity contribution is 8.13. The van der Waals surface area contributed by atoms with Gasteiger partial charge in [0.2, 0.25) is 8.41 Å². The Kier molecular flexibility index (Phi) is 5.57. The van der Waals surface area contributed by atoms with Crippen LogP contribution in [0.3, 0.4) is 0 Å². The molecule has 0 aliphatic carbocycles. The molecule has 0 fully saturated rings. The number of thioether (sulfide) groups is 1. The fourth-order valence-electron chi connectivity index (χ4n) is 0.730. The van der Waals surface area contributed by atoms with Crippen LogP contribution in [0.25, 0.3) is 0 Å². The number of hydrogen-bond acceptors (Lipinski definition) is 2. The number of hydrogen-bond donors (Lipinski definition) is 1. The molecular weight excluding hydrogens is 193 g/mol. The van der Waals surface area contributed by atoms with Gasteiger partial charge in [0, 0.05) is 12.8 Å². The molecule has 0 heterocycles. The molecule has 0 saturated heterocycles. The van der Waals surface area contributed by atoms with Gasteiger partial charge in [-0.05, 0) is 25.6 Å². The molecule has 1 amide bonds. The third-order valence-electron chi connectivity index (χ3n) is 1.35. The van der Waals surface area contributed by atoms with Gasteiger partial charge in [0.05, 0.1) is 0 Å². The van der Waals surface area contributed by atoms with Crippen LogP contribution in [-0.4, -0.2) is 26.4 Å². The van der Waals surface area contributed by atoms with E-state index >= 15 is 0 Å². The molecule has 0 aromatic heterocycles. The maximum absolute atomic E-state index is 13.0. The van der Waals surface area contributed by atoms with E-state index in [9.17, 15) is 8.90 Å². The van der Waals surface area contributed by atoms with Crippen LogP contribution in [0.15, 0.2) is 0 Å². The SMILES string of the molecule is CNC(=O)SCCC[Si](C)(C)F. The summed E-state index contributed by atoms with van der Waals surface area (Å²) in [5, 5.41) is 2.47. The third-order valence-corrected chi connectivity index (χ3v) is 3.85. The number of nitrogens with one attached hydrogen (secondary N) is 1. The summed E-state index contributed by atoms with van der Waals surface area (Å²) in [6, 6.07) is 0.650. The van der Waals surface area contributed by atoms with Gasteiger partial charge in [0.15, 0.2) is 0 Å². The highest BCUT2D eigenvalue weighted by Crippen LogP contribution is 2.15. The third kappa shape index (κ3) is 8.07. The van der Waals surface area contributed by atoms with Crippen LogP contribution in [-0.2, 0) is 0 Å². The van der Waals surface area contributed by atoms with Gasteiger partial charge < -0.3 is 9.42 Å². The Morgan fingerprint density at radius 1 is 1.58 bits per heavy atom. The van der Waals surface area contributed by atoms with Crippen molar-refractivity contribution in [2.75, 3.05) is 12.8 Å². The standard InChI is InChI=1S/C7H16FNOSSi/c1-9-7(10)11-5-4-6-12(2,3)8/h4-6H2,1-3H3,(H,9,10). The highest BCUT2D eigenvalue weighted by atomic mass is 32.2. The fraction of sp³-hybridized carbons (Fsp3) is 0.857. The van der Waals surface area contributed by atoms with Gasteiger partial charge in [0.1, 0.15) is 0 Å². The molecule has 0 aliphatic heterocycles. The lowest BCUT2D eigenvalue weighted by molar-refractivity contribution is 0.262. The monoisotopic (exact) mass is 209 g/mol. The number of halogens is 1. The molecule has 0 unspecified atom stereocenters. The summed E-state index contributed by atoms with van der Waals surface area (Å²) >= 11 is 1.22. The second-order valence-corrected chi connectivity index (χ2v) is 8.21. The molecule has 0 aromatic carbocycles. The maximum atomic E-state index is 13.0. The van der Waals surface area contributed by atoms with Gasteiger partial charge in [-0.25, -0.2) is 0 Å². The first-order valence-corrected chi connectivity index (χ1v) is 8.06. The molecule has 0 atom stereocenters. The van der Waals surface area contributed by atoms with E-state index in [0.29, 0.717) is 6.04 Å². The Morgan fingerprint density at radius 3 is 2.58 bits per heavy atom. The predicted octanol–water partition coefficient (Wildman–Crippen LogP) is 2.62. The molecule has 72 valence electrons. The van der Waals surface area contributed by atoms with E-state index in [0.717, 1.165) is 12.2 Å². The molecule has 0 radical (unpaired) electrons. The maximum Gasteiger partial charge on any atom is 0.278 e. The zero-order chi connectivity index (χ0) is 9.61. The Labute approximate surface area is 78.5 Å². The summed E-state index contributed by atoms with van der Waals surface area (Å²) in [4.78, 5) is 10.7. The molecule has 0 aliphatic rings. The van der Waals surface area contributed by atoms with Crippen molar-refractivity contribution in [1.82, 2.24) is 5.32 Å². The Hall–Kier alpha value is -0.0331. The van der Waals surface area contributed by atoms with E-state index in [2.05, 4.69) is 5.32 Å². The molecule has 0 rings (SSSR count). The minimum Gasteiger partial charge on any atom is -0.350 e. The van der Waals surface area contributed by atoms with Crippen LogP contribution >= 0.6 is 11.8 Å². The molecular formula is C7H16FNOSSi. The first-order chi connectivity index (χ1) is 5.45. The summed E-state index contributed by atoms with van der Waals surface area (Å²) in [6.45, 7) is 3.38. The van der Waals surface area contributed by atoms with Crippen molar-refractivity contribution >= 4 is 25.4 Å². The topological polar surface area (TPSA) is 29.1 Å². The van der Waals surface area contributed by atoms with Crippen molar-refractivity contribution in [1.29, 1.82) is 0 Å². The lowest BCUT2D eigenvalue weighted by atomic mass is 10.6. The summed E-state index contributed by atoms with van der Waals surface area (Å²) in [7, 11) is -0.784. The first-order valence-electron chi connectivity index (χ1n) is 3.99. The van der Waals surface area contributed by atoms with Crippen molar-refractivity contribution < 1.29 is 8.90 Å². The average molecular weight is 209 g/mol. The zero-order valence-electron chi connectivity index (χ0n) is 7.82. The first kappa shape index (κ1) is 12.0. The minimum absolute atomic E-state index is 0.0340. The van der Waals surface area contributed by atoms with Gasteiger partial charge >= 0.3 is 0 Å². The Bertz CT molecular complexity index is 149. The Morgan fingerprint density at radius 2 is 2.17 bits per heavy atom. The molecule has 0 aromatic rings. The minimum atomic E-state index is -2.38. The summed E-state index contributed by atoms with van der Waals surface area (Å²) in [5.41, 5.74) is 0. The average Bonchev–Trinajstić information content (AvgIpc) is 1.96. The van der Waals surface area contributed by atoms with Gasteiger partial charge in [-0.3, -0.25) is 4.79 Å². The largest absolute Gasteiger partial charge is 0.350 e. The number of carbonyl (C=O) groups is 1. The van der Waals surface area contributed by atoms with E-state index in [-0.39, 0.29) is 5.24 Å². The van der Waals surface area contributed by atoms with Crippen molar-refractivity contribution in [3.8, 4) is 0 Å². The van der Waals surface area contributed by atoms with E-state index in [1.807, 2.05) is 0 Å². The second kappa shape index (κ2) is 5.58. The number of carbonyl (C=O) groups excluding carboxylic acids is 1. The van der Waals surface area contributed by atoms with Crippen LogP contribution < -0.4 is 5.32 Å². The summed E-state index contributed by atoms with van der Waals surface area (Å²) in [5.74, 6) is 0.722. The van der Waals surface area contributed by atoms with E-state index < -0.39 is 8.41 Å². The van der Waals surface area contributed by atoms with Crippen LogP contribution in [0, 0.1) is 0 Å². The normalized spacial score (nSPS) is 11.3. The summed E-state index contributed by atoms with van der Waals surface area (Å²) in [6.07, 6.45) is 0.799. The zero-order valence-corrected chi connectivity index (χ0v) is 9.63. The smallest absolute Gasteiger partial charge is 0.278 e. The lowest BCUT2D eigenvalue weighted by Crippen LogP contribution is -2.18. The van der Waals surface area contributed by atoms with Gasteiger partial charge in [0.25, 0.3) is 5.24 Å². The molecule has 2 nitrogen and oxygen atoms in total. The van der Waals surface area contributed by atoms with Crippen molar-refractivity contribution in [3.05, 3.63) is 0 Å². The molecule has 5 heteroatoms. The van der Waals surface area contributed by atoms with Crippen molar-refractivity contribution in [2.24, 2.45) is 0 Å². The molecule has 0 saturated carbocycles. The number of rotatable bonds is 4. The quantitative estimate of drug-likeness (QED) is 0.438. The van der Waals surface area contributed by atoms with Crippen LogP contribution in [0.1, 0.15) is 6.42 Å². The second-order valence-electron chi connectivity index (χ2n) is 3.21. The van der Waals surface area contributed by atoms with Gasteiger partial charge in [-0.2, -0.15) is 0 Å². The Balaban J connectivity index is 3.28. The number of amides is 1. The van der Waals surface area contributed by atoms with Crippen LogP contribution in [0.4, 0.5) is 8.90 Å². The molecule has 0 spiro atoms. The van der Waals surface area contributed by atoms with E-state index in [1.165, 1.54) is 11.8 Å². The van der Waals surface area contributed by atoms with Gasteiger partial charge in [-0.15, -0.1) is 0 Å². The molecule has 1 N–H and O–H groups in total. The van der Waals surface area contributed by atoms with Crippen LogP contribution in [0.5, 0.6) is 0 Å². The predicted molar refractivity (Wildman–Crippen MR) is 54.9 cm³/mol. The molecule has 0 bridgehead atoms. The lowest BCUT2D eigenvalue weighted by Gasteiger charge is -2.09. The van der Waals surface area contributed by atoms with E-state index in [1.54, 1.807) is 20.1 Å². The van der Waals surface area contributed by atoms with E-state index in [4.69, 9.17) is 0 Å². The summed E-state index contributed by atoms with van der Waals surface area (Å²) < 4.78 is 13.0.